The van der Waals surface area contributed by atoms with Gasteiger partial charge in [0.2, 0.25) is 0 Å². The zero-order valence-electron chi connectivity index (χ0n) is 12.1. The molecule has 1 aliphatic rings. The largest absolute Gasteiger partial charge is 0.494 e. The van der Waals surface area contributed by atoms with E-state index < -0.39 is 11.5 Å². The number of benzene rings is 1. The van der Waals surface area contributed by atoms with Crippen LogP contribution >= 0.6 is 0 Å². The van der Waals surface area contributed by atoms with Crippen LogP contribution in [0.3, 0.4) is 0 Å². The minimum Gasteiger partial charge on any atom is -0.494 e. The summed E-state index contributed by atoms with van der Waals surface area (Å²) in [5, 5.41) is 13.0. The lowest BCUT2D eigenvalue weighted by atomic mass is 9.89. The fraction of sp³-hybridized carbons (Fsp3) is 0.533. The van der Waals surface area contributed by atoms with E-state index in [4.69, 9.17) is 4.74 Å². The second-order valence-corrected chi connectivity index (χ2v) is 5.07. The monoisotopic (exact) mass is 278 g/mol. The van der Waals surface area contributed by atoms with E-state index >= 15 is 0 Å². The number of hydrogen-bond acceptors (Lipinski definition) is 4. The zero-order chi connectivity index (χ0) is 14.6. The molecule has 0 bridgehead atoms. The molecule has 1 unspecified atom stereocenters. The maximum Gasteiger partial charge on any atom is 0.328 e. The number of aliphatic carboxylic acids is 1. The maximum absolute atomic E-state index is 11.8. The van der Waals surface area contributed by atoms with Gasteiger partial charge in [0, 0.05) is 26.2 Å². The van der Waals surface area contributed by atoms with Gasteiger partial charge in [0.15, 0.2) is 0 Å². The molecule has 0 amide bonds. The minimum absolute atomic E-state index is 0.605. The summed E-state index contributed by atoms with van der Waals surface area (Å²) in [4.78, 5) is 13.9. The van der Waals surface area contributed by atoms with Gasteiger partial charge in [-0.05, 0) is 31.5 Å². The lowest BCUT2D eigenvalue weighted by Crippen LogP contribution is -2.56. The van der Waals surface area contributed by atoms with Crippen LogP contribution in [0.15, 0.2) is 24.3 Å². The standard InChI is InChI=1S/C15H22N2O3/c1-3-20-13-6-4-12(5-7-13)15(2,14(18)19)17-10-8-16-9-11-17/h4-7,16H,3,8-11H2,1-2H3,(H,18,19). The number of nitrogens with one attached hydrogen (secondary N) is 1. The third-order valence-electron chi connectivity index (χ3n) is 3.89. The molecule has 1 aromatic carbocycles. The van der Waals surface area contributed by atoms with Crippen molar-refractivity contribution in [3.8, 4) is 5.75 Å². The molecule has 0 aromatic heterocycles. The summed E-state index contributed by atoms with van der Waals surface area (Å²) in [5.41, 5.74) is -0.206. The maximum atomic E-state index is 11.8. The number of carboxylic acid groups (broad SMARTS) is 1. The molecular weight excluding hydrogens is 256 g/mol. The highest BCUT2D eigenvalue weighted by molar-refractivity contribution is 5.80. The third kappa shape index (κ3) is 2.78. The Morgan fingerprint density at radius 3 is 2.45 bits per heavy atom. The van der Waals surface area contributed by atoms with Crippen molar-refractivity contribution in [1.82, 2.24) is 10.2 Å². The molecule has 5 nitrogen and oxygen atoms in total. The smallest absolute Gasteiger partial charge is 0.328 e. The average Bonchev–Trinajstić information content (AvgIpc) is 2.48. The Bertz CT molecular complexity index is 455. The number of carbonyl (C=O) groups is 1. The van der Waals surface area contributed by atoms with Gasteiger partial charge >= 0.3 is 5.97 Å². The molecule has 1 saturated heterocycles. The molecule has 0 radical (unpaired) electrons. The van der Waals surface area contributed by atoms with E-state index in [9.17, 15) is 9.90 Å². The Morgan fingerprint density at radius 2 is 1.95 bits per heavy atom. The van der Waals surface area contributed by atoms with Crippen molar-refractivity contribution < 1.29 is 14.6 Å². The molecule has 1 fully saturated rings. The first-order chi connectivity index (χ1) is 9.59. The Morgan fingerprint density at radius 1 is 1.35 bits per heavy atom. The summed E-state index contributed by atoms with van der Waals surface area (Å²) in [5.74, 6) is -0.0483. The van der Waals surface area contributed by atoms with Crippen molar-refractivity contribution in [2.75, 3.05) is 32.8 Å². The second-order valence-electron chi connectivity index (χ2n) is 5.07. The first-order valence-electron chi connectivity index (χ1n) is 7.01. The number of hydrogen-bond donors (Lipinski definition) is 2. The predicted molar refractivity (Wildman–Crippen MR) is 77.0 cm³/mol. The van der Waals surface area contributed by atoms with Crippen molar-refractivity contribution in [3.63, 3.8) is 0 Å². The third-order valence-corrected chi connectivity index (χ3v) is 3.89. The van der Waals surface area contributed by atoms with Crippen molar-refractivity contribution in [1.29, 1.82) is 0 Å². The van der Waals surface area contributed by atoms with E-state index in [1.165, 1.54) is 0 Å². The van der Waals surface area contributed by atoms with Crippen LogP contribution < -0.4 is 10.1 Å². The molecule has 5 heteroatoms. The summed E-state index contributed by atoms with van der Waals surface area (Å²) >= 11 is 0. The van der Waals surface area contributed by atoms with Crippen molar-refractivity contribution in [3.05, 3.63) is 29.8 Å². The molecule has 1 aromatic rings. The SMILES string of the molecule is CCOc1ccc(C(C)(C(=O)O)N2CCNCC2)cc1. The second kappa shape index (κ2) is 6.24. The van der Waals surface area contributed by atoms with Crippen molar-refractivity contribution in [2.45, 2.75) is 19.4 Å². The number of ether oxygens (including phenoxy) is 1. The van der Waals surface area contributed by atoms with Gasteiger partial charge in [-0.15, -0.1) is 0 Å². The Kier molecular flexibility index (Phi) is 4.62. The van der Waals surface area contributed by atoms with Gasteiger partial charge in [0.1, 0.15) is 11.3 Å². The Labute approximate surface area is 119 Å². The van der Waals surface area contributed by atoms with Crippen LogP contribution in [0.5, 0.6) is 5.75 Å². The van der Waals surface area contributed by atoms with Gasteiger partial charge in [-0.1, -0.05) is 12.1 Å². The molecule has 110 valence electrons. The normalized spacial score (nSPS) is 19.3. The first-order valence-corrected chi connectivity index (χ1v) is 7.01. The van der Waals surface area contributed by atoms with E-state index in [-0.39, 0.29) is 0 Å². The molecule has 1 heterocycles. The van der Waals surface area contributed by atoms with E-state index in [0.29, 0.717) is 6.61 Å². The highest BCUT2D eigenvalue weighted by Crippen LogP contribution is 2.30. The van der Waals surface area contributed by atoms with Gasteiger partial charge in [-0.2, -0.15) is 0 Å². The fourth-order valence-corrected chi connectivity index (χ4v) is 2.60. The molecular formula is C15H22N2O3. The zero-order valence-corrected chi connectivity index (χ0v) is 12.1. The van der Waals surface area contributed by atoms with E-state index in [1.807, 2.05) is 36.1 Å². The van der Waals surface area contributed by atoms with Crippen LogP contribution in [0.4, 0.5) is 0 Å². The lowest BCUT2D eigenvalue weighted by molar-refractivity contribution is -0.151. The molecule has 0 saturated carbocycles. The average molecular weight is 278 g/mol. The molecule has 2 N–H and O–H groups in total. The topological polar surface area (TPSA) is 61.8 Å². The summed E-state index contributed by atoms with van der Waals surface area (Å²) in [6.07, 6.45) is 0. The van der Waals surface area contributed by atoms with Gasteiger partial charge < -0.3 is 15.2 Å². The molecule has 0 aliphatic carbocycles. The number of carboxylic acids is 1. The summed E-state index contributed by atoms with van der Waals surface area (Å²) in [6, 6.07) is 7.37. The summed E-state index contributed by atoms with van der Waals surface area (Å²) < 4.78 is 5.41. The number of piperazine rings is 1. The lowest BCUT2D eigenvalue weighted by Gasteiger charge is -2.40. The summed E-state index contributed by atoms with van der Waals surface area (Å²) in [7, 11) is 0. The molecule has 20 heavy (non-hydrogen) atoms. The van der Waals surface area contributed by atoms with Crippen LogP contribution in [0.25, 0.3) is 0 Å². The summed E-state index contributed by atoms with van der Waals surface area (Å²) in [6.45, 7) is 7.41. The Hall–Kier alpha value is -1.59. The van der Waals surface area contributed by atoms with Gasteiger partial charge in [0.05, 0.1) is 6.61 Å². The Balaban J connectivity index is 2.29. The minimum atomic E-state index is -0.993. The molecule has 1 atom stereocenters. The van der Waals surface area contributed by atoms with Crippen molar-refractivity contribution in [2.24, 2.45) is 0 Å². The highest BCUT2D eigenvalue weighted by Gasteiger charge is 2.41. The van der Waals surface area contributed by atoms with Crippen molar-refractivity contribution >= 4 is 5.97 Å². The highest BCUT2D eigenvalue weighted by atomic mass is 16.5. The van der Waals surface area contributed by atoms with E-state index in [2.05, 4.69) is 5.32 Å². The quantitative estimate of drug-likeness (QED) is 0.850. The van der Waals surface area contributed by atoms with Gasteiger partial charge in [-0.25, -0.2) is 4.79 Å². The van der Waals surface area contributed by atoms with Crippen LogP contribution in [-0.2, 0) is 10.3 Å². The number of nitrogens with zero attached hydrogens (tertiary/aromatic N) is 1. The first kappa shape index (κ1) is 14.8. The van der Waals surface area contributed by atoms with E-state index in [0.717, 1.165) is 37.5 Å². The van der Waals surface area contributed by atoms with E-state index in [1.54, 1.807) is 6.92 Å². The van der Waals surface area contributed by atoms with Gasteiger partial charge in [0.25, 0.3) is 0 Å². The fourth-order valence-electron chi connectivity index (χ4n) is 2.60. The van der Waals surface area contributed by atoms with Gasteiger partial charge in [-0.3, -0.25) is 4.90 Å². The molecule has 1 aliphatic heterocycles. The molecule has 0 spiro atoms. The van der Waals surface area contributed by atoms with Crippen LogP contribution in [0, 0.1) is 0 Å². The molecule has 2 rings (SSSR count). The predicted octanol–water partition coefficient (Wildman–Crippen LogP) is 1.29. The van der Waals surface area contributed by atoms with Crippen LogP contribution in [0.2, 0.25) is 0 Å². The number of rotatable bonds is 5. The van der Waals surface area contributed by atoms with Crippen LogP contribution in [0.1, 0.15) is 19.4 Å². The van der Waals surface area contributed by atoms with Crippen LogP contribution in [-0.4, -0.2) is 48.8 Å².